The lowest BCUT2D eigenvalue weighted by molar-refractivity contribution is -0.148. The standard InChI is InChI=1S/C40H68N6O8/c1-11-27(4)36(45(7)34(48)25-42-39(50)35(26(2)3)44(6)21-16-20-41)32(52-8)24-33(47)46-22-15-19-31(46)37(53-9)28(5)38(49)43-30(40(51)54-10)23-29-17-13-12-14-18-29/h12-14,17-18,26-28,30-32,35-37H,11,15-16,19-25,41H2,1-10H3,(H,42,50)(H,43,49). The molecule has 1 heterocycles. The number of nitrogens with zero attached hydrogens (tertiary/aromatic N) is 3. The van der Waals surface area contributed by atoms with Crippen molar-refractivity contribution in [1.82, 2.24) is 25.3 Å². The van der Waals surface area contributed by atoms with E-state index in [9.17, 15) is 24.0 Å². The molecule has 4 N–H and O–H groups in total. The molecule has 1 aromatic rings. The first-order chi connectivity index (χ1) is 25.7. The largest absolute Gasteiger partial charge is 0.467 e. The molecule has 14 heteroatoms. The van der Waals surface area contributed by atoms with Crippen LogP contribution >= 0.6 is 0 Å². The van der Waals surface area contributed by atoms with Crippen LogP contribution in [0.15, 0.2) is 30.3 Å². The van der Waals surface area contributed by atoms with Gasteiger partial charge in [0, 0.05) is 34.2 Å². The molecule has 2 rings (SSSR count). The Morgan fingerprint density at radius 1 is 0.981 bits per heavy atom. The van der Waals surface area contributed by atoms with E-state index in [0.717, 1.165) is 24.8 Å². The number of likely N-dealkylation sites (tertiary alicyclic amines) is 1. The minimum absolute atomic E-state index is 0.00580. The van der Waals surface area contributed by atoms with E-state index >= 15 is 0 Å². The number of ether oxygens (including phenoxy) is 3. The molecular weight excluding hydrogens is 692 g/mol. The Morgan fingerprint density at radius 3 is 2.20 bits per heavy atom. The molecule has 1 fully saturated rings. The van der Waals surface area contributed by atoms with Gasteiger partial charge in [-0.1, -0.05) is 71.4 Å². The molecule has 0 spiro atoms. The van der Waals surface area contributed by atoms with Gasteiger partial charge in [0.2, 0.25) is 23.6 Å². The molecule has 1 aliphatic heterocycles. The van der Waals surface area contributed by atoms with Gasteiger partial charge >= 0.3 is 5.97 Å². The van der Waals surface area contributed by atoms with Crippen molar-refractivity contribution in [3.8, 4) is 0 Å². The number of nitrogens with two attached hydrogens (primary N) is 1. The van der Waals surface area contributed by atoms with E-state index in [-0.39, 0.29) is 60.9 Å². The molecule has 0 radical (unpaired) electrons. The summed E-state index contributed by atoms with van der Waals surface area (Å²) >= 11 is 0. The fourth-order valence-corrected chi connectivity index (χ4v) is 7.70. The lowest BCUT2D eigenvalue weighted by Crippen LogP contribution is -2.55. The van der Waals surface area contributed by atoms with Crippen LogP contribution in [0.1, 0.15) is 72.3 Å². The first-order valence-electron chi connectivity index (χ1n) is 19.4. The zero-order valence-electron chi connectivity index (χ0n) is 34.3. The van der Waals surface area contributed by atoms with Crippen LogP contribution < -0.4 is 16.4 Å². The number of benzene rings is 1. The van der Waals surface area contributed by atoms with Crippen molar-refractivity contribution < 1.29 is 38.2 Å². The molecule has 8 atom stereocenters. The zero-order chi connectivity index (χ0) is 40.5. The number of likely N-dealkylation sites (N-methyl/N-ethyl adjacent to an activating group) is 2. The van der Waals surface area contributed by atoms with Gasteiger partial charge < -0.3 is 40.4 Å². The number of rotatable bonds is 23. The highest BCUT2D eigenvalue weighted by Crippen LogP contribution is 2.29. The van der Waals surface area contributed by atoms with Gasteiger partial charge in [0.15, 0.2) is 0 Å². The molecule has 54 heavy (non-hydrogen) atoms. The number of methoxy groups -OCH3 is 3. The Bertz CT molecular complexity index is 1330. The van der Waals surface area contributed by atoms with Gasteiger partial charge in [-0.25, -0.2) is 4.79 Å². The van der Waals surface area contributed by atoms with Gasteiger partial charge in [0.05, 0.1) is 56.3 Å². The summed E-state index contributed by atoms with van der Waals surface area (Å²) in [5.41, 5.74) is 6.55. The maximum Gasteiger partial charge on any atom is 0.328 e. The van der Waals surface area contributed by atoms with Crippen molar-refractivity contribution in [3.05, 3.63) is 35.9 Å². The second-order valence-electron chi connectivity index (χ2n) is 14.9. The summed E-state index contributed by atoms with van der Waals surface area (Å²) in [7, 11) is 7.92. The fraction of sp³-hybridized carbons (Fsp3) is 0.725. The van der Waals surface area contributed by atoms with Crippen LogP contribution in [0.2, 0.25) is 0 Å². The van der Waals surface area contributed by atoms with Crippen molar-refractivity contribution in [2.75, 3.05) is 61.6 Å². The summed E-state index contributed by atoms with van der Waals surface area (Å²) in [4.78, 5) is 72.5. The third-order valence-electron chi connectivity index (χ3n) is 10.9. The van der Waals surface area contributed by atoms with E-state index in [1.165, 1.54) is 21.3 Å². The minimum atomic E-state index is -0.890. The molecule has 14 nitrogen and oxygen atoms in total. The molecule has 1 aromatic carbocycles. The van der Waals surface area contributed by atoms with Gasteiger partial charge in [0.25, 0.3) is 0 Å². The monoisotopic (exact) mass is 761 g/mol. The predicted molar refractivity (Wildman–Crippen MR) is 208 cm³/mol. The maximum absolute atomic E-state index is 14.1. The number of nitrogens with one attached hydrogen (secondary N) is 2. The molecule has 0 aliphatic carbocycles. The fourth-order valence-electron chi connectivity index (χ4n) is 7.70. The van der Waals surface area contributed by atoms with Crippen LogP contribution in [0.5, 0.6) is 0 Å². The number of amides is 4. The average Bonchev–Trinajstić information content (AvgIpc) is 3.65. The lowest BCUT2D eigenvalue weighted by Gasteiger charge is -2.39. The summed E-state index contributed by atoms with van der Waals surface area (Å²) in [5.74, 6) is -2.31. The van der Waals surface area contributed by atoms with E-state index in [2.05, 4.69) is 10.6 Å². The van der Waals surface area contributed by atoms with Crippen molar-refractivity contribution in [3.63, 3.8) is 0 Å². The lowest BCUT2D eigenvalue weighted by atomic mass is 9.90. The van der Waals surface area contributed by atoms with E-state index in [1.807, 2.05) is 70.0 Å². The Balaban J connectivity index is 2.18. The summed E-state index contributed by atoms with van der Waals surface area (Å²) in [5, 5.41) is 5.69. The first-order valence-corrected chi connectivity index (χ1v) is 19.4. The van der Waals surface area contributed by atoms with E-state index in [0.29, 0.717) is 26.1 Å². The molecular formula is C40H68N6O8. The molecule has 0 saturated carbocycles. The van der Waals surface area contributed by atoms with Gasteiger partial charge in [-0.2, -0.15) is 0 Å². The zero-order valence-corrected chi connectivity index (χ0v) is 34.3. The quantitative estimate of drug-likeness (QED) is 0.141. The maximum atomic E-state index is 14.1. The van der Waals surface area contributed by atoms with Crippen LogP contribution in [0.3, 0.4) is 0 Å². The molecule has 306 valence electrons. The van der Waals surface area contributed by atoms with E-state index < -0.39 is 42.2 Å². The van der Waals surface area contributed by atoms with Crippen LogP contribution in [0.4, 0.5) is 0 Å². The highest BCUT2D eigenvalue weighted by atomic mass is 16.5. The molecule has 1 saturated heterocycles. The van der Waals surface area contributed by atoms with Crippen LogP contribution in [-0.2, 0) is 44.6 Å². The van der Waals surface area contributed by atoms with Crippen LogP contribution in [0, 0.1) is 17.8 Å². The molecule has 1 aliphatic rings. The average molecular weight is 761 g/mol. The molecule has 0 aromatic heterocycles. The summed E-state index contributed by atoms with van der Waals surface area (Å²) < 4.78 is 16.8. The third kappa shape index (κ3) is 13.0. The summed E-state index contributed by atoms with van der Waals surface area (Å²) in [6.45, 7) is 11.2. The smallest absolute Gasteiger partial charge is 0.328 e. The number of hydrogen-bond acceptors (Lipinski definition) is 10. The van der Waals surface area contributed by atoms with Crippen molar-refractivity contribution in [1.29, 1.82) is 0 Å². The van der Waals surface area contributed by atoms with Crippen molar-refractivity contribution in [2.45, 2.75) is 110 Å². The van der Waals surface area contributed by atoms with Crippen LogP contribution in [0.25, 0.3) is 0 Å². The molecule has 4 amide bonds. The predicted octanol–water partition coefficient (Wildman–Crippen LogP) is 2.23. The van der Waals surface area contributed by atoms with Gasteiger partial charge in [-0.3, -0.25) is 24.1 Å². The van der Waals surface area contributed by atoms with Crippen molar-refractivity contribution >= 4 is 29.6 Å². The summed E-state index contributed by atoms with van der Waals surface area (Å²) in [6.07, 6.45) is 1.84. The normalized spacial score (nSPS) is 18.3. The topological polar surface area (TPSA) is 173 Å². The highest BCUT2D eigenvalue weighted by Gasteiger charge is 2.42. The molecule has 8 unspecified atom stereocenters. The van der Waals surface area contributed by atoms with Crippen molar-refractivity contribution in [2.24, 2.45) is 23.5 Å². The van der Waals surface area contributed by atoms with Gasteiger partial charge in [0.1, 0.15) is 6.04 Å². The SMILES string of the molecule is CCC(C)C(C(CC(=O)N1CCCC1C(OC)C(C)C(=O)NC(Cc1ccccc1)C(=O)OC)OC)N(C)C(=O)CNC(=O)C(C(C)C)N(C)CCCN. The third-order valence-corrected chi connectivity index (χ3v) is 10.9. The highest BCUT2D eigenvalue weighted by molar-refractivity contribution is 5.88. The minimum Gasteiger partial charge on any atom is -0.467 e. The van der Waals surface area contributed by atoms with E-state index in [1.54, 1.807) is 23.8 Å². The summed E-state index contributed by atoms with van der Waals surface area (Å²) in [6, 6.07) is 7.22. The van der Waals surface area contributed by atoms with Gasteiger partial charge in [-0.15, -0.1) is 0 Å². The van der Waals surface area contributed by atoms with E-state index in [4.69, 9.17) is 19.9 Å². The Kier molecular flexibility index (Phi) is 20.1. The number of esters is 1. The molecule has 0 bridgehead atoms. The Morgan fingerprint density at radius 2 is 1.65 bits per heavy atom. The Hall–Kier alpha value is -3.59. The second-order valence-corrected chi connectivity index (χ2v) is 14.9. The number of hydrogen-bond donors (Lipinski definition) is 3. The number of carbonyl (C=O) groups is 5. The number of carbonyl (C=O) groups excluding carboxylic acids is 5. The second kappa shape index (κ2) is 23.4. The first kappa shape index (κ1) is 46.6. The van der Waals surface area contributed by atoms with Crippen LogP contribution in [-0.4, -0.2) is 142 Å². The Labute approximate surface area is 323 Å². The van der Waals surface area contributed by atoms with Gasteiger partial charge in [-0.05, 0) is 56.8 Å².